The number of methoxy groups -OCH3 is 2. The summed E-state index contributed by atoms with van der Waals surface area (Å²) in [6.07, 6.45) is 0. The first-order valence-electron chi connectivity index (χ1n) is 8.80. The van der Waals surface area contributed by atoms with E-state index >= 15 is 0 Å². The maximum atomic E-state index is 13.5. The van der Waals surface area contributed by atoms with E-state index in [2.05, 4.69) is 0 Å². The molecule has 0 saturated heterocycles. The zero-order chi connectivity index (χ0) is 20.1. The van der Waals surface area contributed by atoms with Crippen molar-refractivity contribution in [1.82, 2.24) is 0 Å². The summed E-state index contributed by atoms with van der Waals surface area (Å²) >= 11 is 0. The molecule has 0 aromatic heterocycles. The fraction of sp³-hybridized carbons (Fsp3) is 0.182. The van der Waals surface area contributed by atoms with E-state index in [1.165, 1.54) is 18.5 Å². The van der Waals surface area contributed by atoms with Gasteiger partial charge in [-0.3, -0.25) is 4.31 Å². The fourth-order valence-corrected chi connectivity index (χ4v) is 4.27. The second-order valence-electron chi connectivity index (χ2n) is 6.38. The highest BCUT2D eigenvalue weighted by atomic mass is 32.2. The standard InChI is InChI=1S/C22H23NO4S/c1-17-9-11-22(12-10-17)28(24,25)23(16-18-7-5-4-6-8-18)19-13-20(26-2)15-21(14-19)27-3/h4-15H,16H2,1-3H3. The van der Waals surface area contributed by atoms with Gasteiger partial charge in [-0.05, 0) is 24.6 Å². The van der Waals surface area contributed by atoms with E-state index in [4.69, 9.17) is 9.47 Å². The number of rotatable bonds is 7. The van der Waals surface area contributed by atoms with Gasteiger partial charge in [0.2, 0.25) is 0 Å². The zero-order valence-corrected chi connectivity index (χ0v) is 16.9. The van der Waals surface area contributed by atoms with Crippen LogP contribution in [0.15, 0.2) is 77.7 Å². The number of nitrogens with zero attached hydrogens (tertiary/aromatic N) is 1. The summed E-state index contributed by atoms with van der Waals surface area (Å²) in [7, 11) is -0.724. The van der Waals surface area contributed by atoms with E-state index in [0.29, 0.717) is 17.2 Å². The van der Waals surface area contributed by atoms with Gasteiger partial charge in [0.1, 0.15) is 11.5 Å². The number of hydrogen-bond acceptors (Lipinski definition) is 4. The van der Waals surface area contributed by atoms with Gasteiger partial charge < -0.3 is 9.47 Å². The summed E-state index contributed by atoms with van der Waals surface area (Å²) < 4.78 is 39.0. The maximum Gasteiger partial charge on any atom is 0.264 e. The molecule has 0 amide bonds. The molecular formula is C22H23NO4S. The maximum absolute atomic E-state index is 13.5. The highest BCUT2D eigenvalue weighted by Crippen LogP contribution is 2.33. The lowest BCUT2D eigenvalue weighted by Crippen LogP contribution is -2.30. The van der Waals surface area contributed by atoms with Gasteiger partial charge in [-0.15, -0.1) is 0 Å². The Labute approximate surface area is 166 Å². The number of anilines is 1. The molecule has 28 heavy (non-hydrogen) atoms. The van der Waals surface area contributed by atoms with E-state index in [0.717, 1.165) is 11.1 Å². The van der Waals surface area contributed by atoms with Crippen molar-refractivity contribution in [3.63, 3.8) is 0 Å². The number of sulfonamides is 1. The van der Waals surface area contributed by atoms with Crippen molar-refractivity contribution in [3.05, 3.63) is 83.9 Å². The molecule has 3 aromatic rings. The van der Waals surface area contributed by atoms with Crippen LogP contribution in [0, 0.1) is 6.92 Å². The first kappa shape index (κ1) is 19.8. The highest BCUT2D eigenvalue weighted by Gasteiger charge is 2.26. The van der Waals surface area contributed by atoms with Gasteiger partial charge in [0.15, 0.2) is 0 Å². The fourth-order valence-electron chi connectivity index (χ4n) is 2.84. The first-order chi connectivity index (χ1) is 13.4. The van der Waals surface area contributed by atoms with Crippen LogP contribution in [0.5, 0.6) is 11.5 Å². The van der Waals surface area contributed by atoms with Gasteiger partial charge in [0, 0.05) is 18.2 Å². The van der Waals surface area contributed by atoms with Crippen molar-refractivity contribution in [2.45, 2.75) is 18.4 Å². The molecule has 0 aliphatic carbocycles. The van der Waals surface area contributed by atoms with Crippen molar-refractivity contribution in [3.8, 4) is 11.5 Å². The van der Waals surface area contributed by atoms with Crippen molar-refractivity contribution in [1.29, 1.82) is 0 Å². The Hall–Kier alpha value is -2.99. The molecule has 0 atom stereocenters. The van der Waals surface area contributed by atoms with Gasteiger partial charge in [0.05, 0.1) is 31.3 Å². The van der Waals surface area contributed by atoms with Crippen molar-refractivity contribution in [2.75, 3.05) is 18.5 Å². The van der Waals surface area contributed by atoms with E-state index < -0.39 is 10.0 Å². The lowest BCUT2D eigenvalue weighted by molar-refractivity contribution is 0.394. The van der Waals surface area contributed by atoms with Crippen LogP contribution in [0.2, 0.25) is 0 Å². The number of ether oxygens (including phenoxy) is 2. The van der Waals surface area contributed by atoms with Gasteiger partial charge in [-0.1, -0.05) is 48.0 Å². The molecule has 3 aromatic carbocycles. The van der Waals surface area contributed by atoms with Gasteiger partial charge in [-0.25, -0.2) is 8.42 Å². The predicted molar refractivity (Wildman–Crippen MR) is 111 cm³/mol. The van der Waals surface area contributed by atoms with E-state index in [-0.39, 0.29) is 11.4 Å². The van der Waals surface area contributed by atoms with Gasteiger partial charge in [0.25, 0.3) is 10.0 Å². The minimum Gasteiger partial charge on any atom is -0.497 e. The molecule has 0 heterocycles. The van der Waals surface area contributed by atoms with Crippen LogP contribution in [-0.4, -0.2) is 22.6 Å². The quantitative estimate of drug-likeness (QED) is 0.593. The third-order valence-corrected chi connectivity index (χ3v) is 6.19. The molecule has 0 aliphatic heterocycles. The molecule has 0 spiro atoms. The topological polar surface area (TPSA) is 55.8 Å². The van der Waals surface area contributed by atoms with Gasteiger partial charge in [-0.2, -0.15) is 0 Å². The summed E-state index contributed by atoms with van der Waals surface area (Å²) in [6.45, 7) is 2.11. The Morgan fingerprint density at radius 2 is 1.39 bits per heavy atom. The minimum absolute atomic E-state index is 0.188. The molecular weight excluding hydrogens is 374 g/mol. The minimum atomic E-state index is -3.80. The second-order valence-corrected chi connectivity index (χ2v) is 8.24. The Morgan fingerprint density at radius 1 is 0.821 bits per heavy atom. The monoisotopic (exact) mass is 397 g/mol. The Kier molecular flexibility index (Phi) is 5.90. The third-order valence-electron chi connectivity index (χ3n) is 4.40. The summed E-state index contributed by atoms with van der Waals surface area (Å²) in [4.78, 5) is 0.232. The summed E-state index contributed by atoms with van der Waals surface area (Å²) in [5, 5.41) is 0. The average Bonchev–Trinajstić information content (AvgIpc) is 2.72. The molecule has 0 radical (unpaired) electrons. The lowest BCUT2D eigenvalue weighted by atomic mass is 10.2. The van der Waals surface area contributed by atoms with E-state index in [1.807, 2.05) is 37.3 Å². The number of aryl methyl sites for hydroxylation is 1. The summed E-state index contributed by atoms with van der Waals surface area (Å²) in [6, 6.07) is 21.4. The SMILES string of the molecule is COc1cc(OC)cc(N(Cc2ccccc2)S(=O)(=O)c2ccc(C)cc2)c1. The molecule has 5 nitrogen and oxygen atoms in total. The second kappa shape index (κ2) is 8.35. The number of benzene rings is 3. The van der Waals surface area contributed by atoms with Crippen LogP contribution in [0.3, 0.4) is 0 Å². The van der Waals surface area contributed by atoms with Crippen LogP contribution in [0.25, 0.3) is 0 Å². The van der Waals surface area contributed by atoms with E-state index in [9.17, 15) is 8.42 Å². The molecule has 0 unspecified atom stereocenters. The highest BCUT2D eigenvalue weighted by molar-refractivity contribution is 7.92. The van der Waals surface area contributed by atoms with Crippen LogP contribution in [-0.2, 0) is 16.6 Å². The van der Waals surface area contributed by atoms with Crippen LogP contribution < -0.4 is 13.8 Å². The predicted octanol–water partition coefficient (Wildman–Crippen LogP) is 4.41. The zero-order valence-electron chi connectivity index (χ0n) is 16.1. The molecule has 0 saturated carbocycles. The largest absolute Gasteiger partial charge is 0.497 e. The molecule has 0 bridgehead atoms. The van der Waals surface area contributed by atoms with Gasteiger partial charge >= 0.3 is 0 Å². The molecule has 3 rings (SSSR count). The molecule has 6 heteroatoms. The lowest BCUT2D eigenvalue weighted by Gasteiger charge is -2.25. The van der Waals surface area contributed by atoms with Crippen LogP contribution >= 0.6 is 0 Å². The third kappa shape index (κ3) is 4.28. The first-order valence-corrected chi connectivity index (χ1v) is 10.2. The van der Waals surface area contributed by atoms with Crippen molar-refractivity contribution in [2.24, 2.45) is 0 Å². The Bertz CT molecular complexity index is 1010. The summed E-state index contributed by atoms with van der Waals surface area (Å²) in [5.41, 5.74) is 2.34. The Balaban J connectivity index is 2.13. The molecule has 146 valence electrons. The normalized spacial score (nSPS) is 11.1. The number of hydrogen-bond donors (Lipinski definition) is 0. The Morgan fingerprint density at radius 3 is 1.93 bits per heavy atom. The molecule has 0 N–H and O–H groups in total. The van der Waals surface area contributed by atoms with Crippen LogP contribution in [0.4, 0.5) is 5.69 Å². The average molecular weight is 397 g/mol. The molecule has 0 aliphatic rings. The smallest absolute Gasteiger partial charge is 0.264 e. The summed E-state index contributed by atoms with van der Waals surface area (Å²) in [5.74, 6) is 1.04. The van der Waals surface area contributed by atoms with E-state index in [1.54, 1.807) is 42.5 Å². The van der Waals surface area contributed by atoms with Crippen molar-refractivity contribution < 1.29 is 17.9 Å². The van der Waals surface area contributed by atoms with Crippen LogP contribution in [0.1, 0.15) is 11.1 Å². The van der Waals surface area contributed by atoms with Crippen molar-refractivity contribution >= 4 is 15.7 Å². The molecule has 0 fully saturated rings.